The molecule has 0 fully saturated rings. The minimum Gasteiger partial charge on any atom is -0.382 e. The molecule has 0 saturated carbocycles. The molecule has 0 saturated heterocycles. The molecule has 0 bridgehead atoms. The van der Waals surface area contributed by atoms with Crippen LogP contribution in [0.3, 0.4) is 0 Å². The summed E-state index contributed by atoms with van der Waals surface area (Å²) in [6.07, 6.45) is 0. The molecular weight excluding hydrogens is 162 g/mol. The summed E-state index contributed by atoms with van der Waals surface area (Å²) < 4.78 is 5.07. The standard InChI is InChI=1S/C11H17NO/c1-9-4-6-10(7-5-9)11(2,12)8-13-3/h4-7H,8,12H2,1-3H3. The molecule has 72 valence electrons. The summed E-state index contributed by atoms with van der Waals surface area (Å²) in [5.74, 6) is 0. The summed E-state index contributed by atoms with van der Waals surface area (Å²) in [7, 11) is 1.67. The second-order valence-electron chi connectivity index (χ2n) is 3.72. The molecule has 0 aliphatic heterocycles. The quantitative estimate of drug-likeness (QED) is 0.768. The van der Waals surface area contributed by atoms with Gasteiger partial charge >= 0.3 is 0 Å². The van der Waals surface area contributed by atoms with Crippen molar-refractivity contribution in [3.8, 4) is 0 Å². The fourth-order valence-electron chi connectivity index (χ4n) is 1.32. The lowest BCUT2D eigenvalue weighted by Crippen LogP contribution is -2.37. The van der Waals surface area contributed by atoms with Gasteiger partial charge < -0.3 is 10.5 Å². The number of aryl methyl sites for hydroxylation is 1. The molecule has 0 aliphatic rings. The van der Waals surface area contributed by atoms with Crippen LogP contribution in [0.5, 0.6) is 0 Å². The zero-order valence-electron chi connectivity index (χ0n) is 8.50. The molecular formula is C11H17NO. The lowest BCUT2D eigenvalue weighted by Gasteiger charge is -2.24. The second kappa shape index (κ2) is 3.90. The third-order valence-corrected chi connectivity index (χ3v) is 2.16. The van der Waals surface area contributed by atoms with Crippen molar-refractivity contribution in [1.29, 1.82) is 0 Å². The molecule has 0 aromatic heterocycles. The number of methoxy groups -OCH3 is 1. The van der Waals surface area contributed by atoms with Crippen LogP contribution in [0.4, 0.5) is 0 Å². The Labute approximate surface area is 79.7 Å². The van der Waals surface area contributed by atoms with Crippen LogP contribution in [0.15, 0.2) is 24.3 Å². The second-order valence-corrected chi connectivity index (χ2v) is 3.72. The van der Waals surface area contributed by atoms with E-state index in [0.717, 1.165) is 5.56 Å². The summed E-state index contributed by atoms with van der Waals surface area (Å²) in [4.78, 5) is 0. The highest BCUT2D eigenvalue weighted by molar-refractivity contribution is 5.27. The lowest BCUT2D eigenvalue weighted by molar-refractivity contribution is 0.141. The van der Waals surface area contributed by atoms with Crippen molar-refractivity contribution in [3.05, 3.63) is 35.4 Å². The fourth-order valence-corrected chi connectivity index (χ4v) is 1.32. The Balaban J connectivity index is 2.87. The van der Waals surface area contributed by atoms with Crippen LogP contribution >= 0.6 is 0 Å². The van der Waals surface area contributed by atoms with Crippen LogP contribution < -0.4 is 5.73 Å². The first kappa shape index (κ1) is 10.2. The van der Waals surface area contributed by atoms with Crippen molar-refractivity contribution in [2.45, 2.75) is 19.4 Å². The number of rotatable bonds is 3. The average Bonchev–Trinajstić information content (AvgIpc) is 2.05. The number of ether oxygens (including phenoxy) is 1. The van der Waals surface area contributed by atoms with Gasteiger partial charge in [0.05, 0.1) is 12.1 Å². The van der Waals surface area contributed by atoms with E-state index in [0.29, 0.717) is 6.61 Å². The maximum absolute atomic E-state index is 6.07. The van der Waals surface area contributed by atoms with Gasteiger partial charge in [0, 0.05) is 7.11 Å². The summed E-state index contributed by atoms with van der Waals surface area (Å²) in [5, 5.41) is 0. The van der Waals surface area contributed by atoms with Crippen molar-refractivity contribution >= 4 is 0 Å². The molecule has 1 atom stereocenters. The van der Waals surface area contributed by atoms with E-state index in [9.17, 15) is 0 Å². The maximum atomic E-state index is 6.07. The Morgan fingerprint density at radius 1 is 1.31 bits per heavy atom. The maximum Gasteiger partial charge on any atom is 0.0681 e. The zero-order chi connectivity index (χ0) is 9.90. The predicted molar refractivity (Wildman–Crippen MR) is 54.6 cm³/mol. The molecule has 2 N–H and O–H groups in total. The van der Waals surface area contributed by atoms with E-state index in [-0.39, 0.29) is 5.54 Å². The van der Waals surface area contributed by atoms with E-state index >= 15 is 0 Å². The van der Waals surface area contributed by atoms with Gasteiger partial charge in [-0.2, -0.15) is 0 Å². The van der Waals surface area contributed by atoms with Gasteiger partial charge in [-0.1, -0.05) is 29.8 Å². The Morgan fingerprint density at radius 2 is 1.85 bits per heavy atom. The first-order valence-corrected chi connectivity index (χ1v) is 4.41. The van der Waals surface area contributed by atoms with Gasteiger partial charge in [0.1, 0.15) is 0 Å². The first-order valence-electron chi connectivity index (χ1n) is 4.41. The highest BCUT2D eigenvalue weighted by atomic mass is 16.5. The molecule has 1 aromatic rings. The number of benzene rings is 1. The summed E-state index contributed by atoms with van der Waals surface area (Å²) in [6.45, 7) is 4.57. The topological polar surface area (TPSA) is 35.2 Å². The number of hydrogen-bond acceptors (Lipinski definition) is 2. The van der Waals surface area contributed by atoms with E-state index in [4.69, 9.17) is 10.5 Å². The van der Waals surface area contributed by atoms with Crippen molar-refractivity contribution in [2.75, 3.05) is 13.7 Å². The van der Waals surface area contributed by atoms with Crippen LogP contribution in [0, 0.1) is 6.92 Å². The summed E-state index contributed by atoms with van der Waals surface area (Å²) >= 11 is 0. The first-order chi connectivity index (χ1) is 6.06. The summed E-state index contributed by atoms with van der Waals surface area (Å²) in [6, 6.07) is 8.23. The van der Waals surface area contributed by atoms with E-state index in [1.165, 1.54) is 5.56 Å². The molecule has 0 spiro atoms. The van der Waals surface area contributed by atoms with Gasteiger partial charge in [-0.05, 0) is 19.4 Å². The van der Waals surface area contributed by atoms with Gasteiger partial charge in [0.2, 0.25) is 0 Å². The van der Waals surface area contributed by atoms with Crippen molar-refractivity contribution in [2.24, 2.45) is 5.73 Å². The van der Waals surface area contributed by atoms with Crippen LogP contribution in [0.1, 0.15) is 18.1 Å². The van der Waals surface area contributed by atoms with Gasteiger partial charge in [0.15, 0.2) is 0 Å². The third kappa shape index (κ3) is 2.54. The van der Waals surface area contributed by atoms with Gasteiger partial charge in [-0.3, -0.25) is 0 Å². The van der Waals surface area contributed by atoms with Gasteiger partial charge in [0.25, 0.3) is 0 Å². The van der Waals surface area contributed by atoms with E-state index < -0.39 is 0 Å². The highest BCUT2D eigenvalue weighted by Crippen LogP contribution is 2.18. The van der Waals surface area contributed by atoms with Gasteiger partial charge in [-0.15, -0.1) is 0 Å². The van der Waals surface area contributed by atoms with Crippen LogP contribution in [-0.2, 0) is 10.3 Å². The predicted octanol–water partition coefficient (Wildman–Crippen LogP) is 1.82. The molecule has 0 aliphatic carbocycles. The van der Waals surface area contributed by atoms with E-state index in [2.05, 4.69) is 19.1 Å². The number of nitrogens with two attached hydrogens (primary N) is 1. The molecule has 0 radical (unpaired) electrons. The molecule has 0 amide bonds. The molecule has 2 nitrogen and oxygen atoms in total. The molecule has 13 heavy (non-hydrogen) atoms. The minimum absolute atomic E-state index is 0.386. The Bertz CT molecular complexity index is 264. The molecule has 1 aromatic carbocycles. The highest BCUT2D eigenvalue weighted by Gasteiger charge is 2.20. The Morgan fingerprint density at radius 3 is 2.31 bits per heavy atom. The molecule has 1 rings (SSSR count). The van der Waals surface area contributed by atoms with Crippen LogP contribution in [0.25, 0.3) is 0 Å². The SMILES string of the molecule is COCC(C)(N)c1ccc(C)cc1. The zero-order valence-corrected chi connectivity index (χ0v) is 8.50. The van der Waals surface area contributed by atoms with Gasteiger partial charge in [-0.25, -0.2) is 0 Å². The van der Waals surface area contributed by atoms with E-state index in [1.54, 1.807) is 7.11 Å². The fraction of sp³-hybridized carbons (Fsp3) is 0.455. The monoisotopic (exact) mass is 179 g/mol. The van der Waals surface area contributed by atoms with Crippen LogP contribution in [-0.4, -0.2) is 13.7 Å². The van der Waals surface area contributed by atoms with E-state index in [1.807, 2.05) is 19.1 Å². The Kier molecular flexibility index (Phi) is 3.07. The normalized spacial score (nSPS) is 15.4. The number of hydrogen-bond donors (Lipinski definition) is 1. The Hall–Kier alpha value is -0.860. The van der Waals surface area contributed by atoms with Crippen molar-refractivity contribution in [3.63, 3.8) is 0 Å². The smallest absolute Gasteiger partial charge is 0.0681 e. The lowest BCUT2D eigenvalue weighted by atomic mass is 9.93. The molecule has 0 heterocycles. The van der Waals surface area contributed by atoms with Crippen molar-refractivity contribution in [1.82, 2.24) is 0 Å². The largest absolute Gasteiger partial charge is 0.382 e. The molecule has 1 unspecified atom stereocenters. The van der Waals surface area contributed by atoms with Crippen molar-refractivity contribution < 1.29 is 4.74 Å². The minimum atomic E-state index is -0.386. The average molecular weight is 179 g/mol. The van der Waals surface area contributed by atoms with Crippen LogP contribution in [0.2, 0.25) is 0 Å². The summed E-state index contributed by atoms with van der Waals surface area (Å²) in [5.41, 5.74) is 8.05. The third-order valence-electron chi connectivity index (χ3n) is 2.16. The molecule has 2 heteroatoms.